The smallest absolute Gasteiger partial charge is 0.241 e. The highest BCUT2D eigenvalue weighted by molar-refractivity contribution is 5.92. The SMILES string of the molecule is CC(C)c1ccc2c(c1)cc(/C=C/C(N)=O)n2CC1CCCCC1. The van der Waals surface area contributed by atoms with E-state index in [4.69, 9.17) is 5.73 Å². The molecular formula is C21H28N2O. The van der Waals surface area contributed by atoms with Crippen molar-refractivity contribution < 1.29 is 4.79 Å². The van der Waals surface area contributed by atoms with Crippen LogP contribution in [0.2, 0.25) is 0 Å². The molecule has 2 N–H and O–H groups in total. The van der Waals surface area contributed by atoms with Gasteiger partial charge in [-0.15, -0.1) is 0 Å². The summed E-state index contributed by atoms with van der Waals surface area (Å²) in [7, 11) is 0. The van der Waals surface area contributed by atoms with E-state index in [1.165, 1.54) is 54.6 Å². The van der Waals surface area contributed by atoms with Gasteiger partial charge in [-0.05, 0) is 54.5 Å². The number of rotatable bonds is 5. The van der Waals surface area contributed by atoms with Gasteiger partial charge in [-0.25, -0.2) is 0 Å². The number of aromatic nitrogens is 1. The molecular weight excluding hydrogens is 296 g/mol. The highest BCUT2D eigenvalue weighted by Crippen LogP contribution is 2.30. The molecule has 1 fully saturated rings. The van der Waals surface area contributed by atoms with Gasteiger partial charge < -0.3 is 10.3 Å². The van der Waals surface area contributed by atoms with Crippen LogP contribution >= 0.6 is 0 Å². The van der Waals surface area contributed by atoms with Crippen molar-refractivity contribution in [1.29, 1.82) is 0 Å². The van der Waals surface area contributed by atoms with Crippen LogP contribution in [0.4, 0.5) is 0 Å². The maximum atomic E-state index is 11.2. The lowest BCUT2D eigenvalue weighted by molar-refractivity contribution is -0.113. The van der Waals surface area contributed by atoms with Crippen LogP contribution < -0.4 is 5.73 Å². The largest absolute Gasteiger partial charge is 0.366 e. The second-order valence-corrected chi connectivity index (χ2v) is 7.39. The van der Waals surface area contributed by atoms with E-state index in [2.05, 4.69) is 42.7 Å². The zero-order valence-corrected chi connectivity index (χ0v) is 14.8. The van der Waals surface area contributed by atoms with Crippen LogP contribution in [0.25, 0.3) is 17.0 Å². The Morgan fingerprint density at radius 1 is 1.25 bits per heavy atom. The van der Waals surface area contributed by atoms with E-state index in [0.29, 0.717) is 5.92 Å². The van der Waals surface area contributed by atoms with E-state index >= 15 is 0 Å². The molecule has 3 rings (SSSR count). The number of fused-ring (bicyclic) bond motifs is 1. The molecule has 1 aliphatic carbocycles. The fraction of sp³-hybridized carbons (Fsp3) is 0.476. The highest BCUT2D eigenvalue weighted by Gasteiger charge is 2.17. The molecule has 0 atom stereocenters. The number of nitrogens with two attached hydrogens (primary N) is 1. The van der Waals surface area contributed by atoms with Gasteiger partial charge in [0.25, 0.3) is 0 Å². The highest BCUT2D eigenvalue weighted by atomic mass is 16.1. The Labute approximate surface area is 144 Å². The summed E-state index contributed by atoms with van der Waals surface area (Å²) in [6.45, 7) is 5.46. The van der Waals surface area contributed by atoms with Gasteiger partial charge in [0.15, 0.2) is 0 Å². The molecule has 3 heteroatoms. The minimum absolute atomic E-state index is 0.396. The number of hydrogen-bond acceptors (Lipinski definition) is 1. The van der Waals surface area contributed by atoms with Crippen LogP contribution in [-0.2, 0) is 11.3 Å². The quantitative estimate of drug-likeness (QED) is 0.786. The lowest BCUT2D eigenvalue weighted by atomic mass is 9.89. The Balaban J connectivity index is 2.01. The van der Waals surface area contributed by atoms with Crippen molar-refractivity contribution in [3.05, 3.63) is 41.6 Å². The molecule has 128 valence electrons. The van der Waals surface area contributed by atoms with Gasteiger partial charge in [-0.3, -0.25) is 4.79 Å². The molecule has 1 aromatic heterocycles. The molecule has 0 radical (unpaired) electrons. The van der Waals surface area contributed by atoms with Crippen molar-refractivity contribution in [2.24, 2.45) is 11.7 Å². The molecule has 1 heterocycles. The molecule has 1 aliphatic rings. The molecule has 24 heavy (non-hydrogen) atoms. The Kier molecular flexibility index (Phi) is 5.08. The van der Waals surface area contributed by atoms with Crippen molar-refractivity contribution >= 4 is 22.9 Å². The fourth-order valence-corrected chi connectivity index (χ4v) is 3.81. The Morgan fingerprint density at radius 3 is 2.67 bits per heavy atom. The van der Waals surface area contributed by atoms with Crippen LogP contribution in [-0.4, -0.2) is 10.5 Å². The Hall–Kier alpha value is -2.03. The lowest BCUT2D eigenvalue weighted by Gasteiger charge is -2.23. The van der Waals surface area contributed by atoms with Crippen molar-refractivity contribution in [2.45, 2.75) is 58.4 Å². The number of carbonyl (C=O) groups excluding carboxylic acids is 1. The summed E-state index contributed by atoms with van der Waals surface area (Å²) >= 11 is 0. The van der Waals surface area contributed by atoms with Gasteiger partial charge >= 0.3 is 0 Å². The van der Waals surface area contributed by atoms with Crippen LogP contribution in [0.3, 0.4) is 0 Å². The minimum atomic E-state index is -0.396. The molecule has 0 unspecified atom stereocenters. The zero-order valence-electron chi connectivity index (χ0n) is 14.8. The van der Waals surface area contributed by atoms with Gasteiger partial charge in [-0.1, -0.05) is 39.2 Å². The Bertz CT molecular complexity index is 749. The van der Waals surface area contributed by atoms with Gasteiger partial charge in [0.2, 0.25) is 5.91 Å². The van der Waals surface area contributed by atoms with E-state index in [-0.39, 0.29) is 0 Å². The van der Waals surface area contributed by atoms with E-state index in [1.807, 2.05) is 6.08 Å². The molecule has 3 nitrogen and oxygen atoms in total. The van der Waals surface area contributed by atoms with Crippen LogP contribution in [0.1, 0.15) is 63.1 Å². The molecule has 1 amide bonds. The van der Waals surface area contributed by atoms with Crippen molar-refractivity contribution in [2.75, 3.05) is 0 Å². The summed E-state index contributed by atoms with van der Waals surface area (Å²) in [6, 6.07) is 8.92. The second-order valence-electron chi connectivity index (χ2n) is 7.39. The second kappa shape index (κ2) is 7.25. The number of nitrogens with zero attached hydrogens (tertiary/aromatic N) is 1. The summed E-state index contributed by atoms with van der Waals surface area (Å²) in [5, 5.41) is 1.25. The minimum Gasteiger partial charge on any atom is -0.366 e. The third-order valence-electron chi connectivity index (χ3n) is 5.21. The maximum absolute atomic E-state index is 11.2. The molecule has 2 aromatic rings. The number of primary amides is 1. The molecule has 1 saturated carbocycles. The average molecular weight is 324 g/mol. The topological polar surface area (TPSA) is 48.0 Å². The predicted octanol–water partition coefficient (Wildman–Crippen LogP) is 4.84. The van der Waals surface area contributed by atoms with Gasteiger partial charge in [-0.2, -0.15) is 0 Å². The van der Waals surface area contributed by atoms with E-state index < -0.39 is 5.91 Å². The third-order valence-corrected chi connectivity index (χ3v) is 5.21. The third kappa shape index (κ3) is 3.72. The first-order valence-corrected chi connectivity index (χ1v) is 9.15. The number of amides is 1. The van der Waals surface area contributed by atoms with Crippen molar-refractivity contribution in [3.63, 3.8) is 0 Å². The van der Waals surface area contributed by atoms with Gasteiger partial charge in [0, 0.05) is 29.2 Å². The van der Waals surface area contributed by atoms with Crippen molar-refractivity contribution in [1.82, 2.24) is 4.57 Å². The monoisotopic (exact) mass is 324 g/mol. The maximum Gasteiger partial charge on any atom is 0.241 e. The first-order chi connectivity index (χ1) is 11.5. The van der Waals surface area contributed by atoms with Crippen LogP contribution in [0.5, 0.6) is 0 Å². The first kappa shape index (κ1) is 16.8. The summed E-state index contributed by atoms with van der Waals surface area (Å²) in [5.74, 6) is 0.855. The predicted molar refractivity (Wildman–Crippen MR) is 101 cm³/mol. The lowest BCUT2D eigenvalue weighted by Crippen LogP contribution is -2.15. The van der Waals surface area contributed by atoms with Gasteiger partial charge in [0.05, 0.1) is 0 Å². The summed E-state index contributed by atoms with van der Waals surface area (Å²) in [5.41, 5.74) is 8.98. The molecule has 0 aliphatic heterocycles. The molecule has 0 bridgehead atoms. The Morgan fingerprint density at radius 2 is 2.00 bits per heavy atom. The summed E-state index contributed by atoms with van der Waals surface area (Å²) in [4.78, 5) is 11.2. The van der Waals surface area contributed by atoms with Crippen LogP contribution in [0, 0.1) is 5.92 Å². The molecule has 1 aromatic carbocycles. The normalized spacial score (nSPS) is 16.5. The summed E-state index contributed by atoms with van der Waals surface area (Å²) in [6.07, 6.45) is 10.00. The number of hydrogen-bond donors (Lipinski definition) is 1. The molecule has 0 spiro atoms. The number of carbonyl (C=O) groups is 1. The van der Waals surface area contributed by atoms with Gasteiger partial charge in [0.1, 0.15) is 0 Å². The average Bonchev–Trinajstić information content (AvgIpc) is 2.91. The van der Waals surface area contributed by atoms with E-state index in [0.717, 1.165) is 18.2 Å². The van der Waals surface area contributed by atoms with Crippen LogP contribution in [0.15, 0.2) is 30.3 Å². The van der Waals surface area contributed by atoms with E-state index in [1.54, 1.807) is 0 Å². The fourth-order valence-electron chi connectivity index (χ4n) is 3.81. The van der Waals surface area contributed by atoms with E-state index in [9.17, 15) is 4.79 Å². The first-order valence-electron chi connectivity index (χ1n) is 9.15. The van der Waals surface area contributed by atoms with Crippen molar-refractivity contribution in [3.8, 4) is 0 Å². The summed E-state index contributed by atoms with van der Waals surface area (Å²) < 4.78 is 2.37. The molecule has 0 saturated heterocycles. The number of benzene rings is 1. The zero-order chi connectivity index (χ0) is 17.1. The standard InChI is InChI=1S/C21H28N2O/c1-15(2)17-8-10-20-18(12-17)13-19(9-11-21(22)24)23(20)14-16-6-4-3-5-7-16/h8-13,15-16H,3-7,14H2,1-2H3,(H2,22,24)/b11-9+.